The molecule has 1 atom stereocenters. The lowest BCUT2D eigenvalue weighted by molar-refractivity contribution is -0.121. The minimum Gasteiger partial charge on any atom is -0.355 e. The number of rotatable bonds is 7. The second kappa shape index (κ2) is 9.55. The molecule has 0 aromatic heterocycles. The van der Waals surface area contributed by atoms with Gasteiger partial charge in [-0.1, -0.05) is 26.0 Å². The van der Waals surface area contributed by atoms with E-state index < -0.39 is 0 Å². The normalized spacial score (nSPS) is 17.2. The van der Waals surface area contributed by atoms with Crippen LogP contribution in [0.1, 0.15) is 31.4 Å². The molecule has 1 unspecified atom stereocenters. The molecular formula is C20H30N4O. The number of carbonyl (C=O) groups excluding carboxylic acids is 1. The Morgan fingerprint density at radius 1 is 1.20 bits per heavy atom. The summed E-state index contributed by atoms with van der Waals surface area (Å²) in [5.41, 5.74) is 1.74. The number of amides is 1. The van der Waals surface area contributed by atoms with Crippen molar-refractivity contribution in [3.05, 3.63) is 35.4 Å². The van der Waals surface area contributed by atoms with E-state index in [1.165, 1.54) is 0 Å². The molecule has 0 radical (unpaired) electrons. The first-order valence-electron chi connectivity index (χ1n) is 9.18. The minimum atomic E-state index is 0.101. The Balaban J connectivity index is 1.77. The predicted molar refractivity (Wildman–Crippen MR) is 100 cm³/mol. The second-order valence-corrected chi connectivity index (χ2v) is 7.26. The number of hydrogen-bond donors (Lipinski definition) is 1. The maximum absolute atomic E-state index is 12.2. The monoisotopic (exact) mass is 342 g/mol. The van der Waals surface area contributed by atoms with Crippen LogP contribution < -0.4 is 5.32 Å². The highest BCUT2D eigenvalue weighted by Gasteiger charge is 2.25. The Labute approximate surface area is 151 Å². The van der Waals surface area contributed by atoms with Gasteiger partial charge in [0.25, 0.3) is 0 Å². The van der Waals surface area contributed by atoms with Gasteiger partial charge in [-0.2, -0.15) is 5.26 Å². The van der Waals surface area contributed by atoms with Gasteiger partial charge in [-0.15, -0.1) is 0 Å². The SMILES string of the molecule is CC(C)C(CNC(=O)CCc1ccc(C#N)cc1)N1CCN(C)CC1. The average Bonchev–Trinajstić information content (AvgIpc) is 2.61. The molecule has 1 heterocycles. The summed E-state index contributed by atoms with van der Waals surface area (Å²) < 4.78 is 0. The molecule has 1 amide bonds. The third-order valence-electron chi connectivity index (χ3n) is 5.01. The van der Waals surface area contributed by atoms with Crippen molar-refractivity contribution in [1.82, 2.24) is 15.1 Å². The molecule has 1 N–H and O–H groups in total. The molecule has 2 rings (SSSR count). The largest absolute Gasteiger partial charge is 0.355 e. The summed E-state index contributed by atoms with van der Waals surface area (Å²) in [6.07, 6.45) is 1.19. The van der Waals surface area contributed by atoms with Gasteiger partial charge in [-0.3, -0.25) is 9.69 Å². The van der Waals surface area contributed by atoms with Crippen LogP contribution in [0.2, 0.25) is 0 Å². The lowest BCUT2D eigenvalue weighted by Crippen LogP contribution is -2.54. The van der Waals surface area contributed by atoms with E-state index in [0.717, 1.165) is 31.7 Å². The molecule has 1 aliphatic rings. The van der Waals surface area contributed by atoms with E-state index in [1.807, 2.05) is 12.1 Å². The van der Waals surface area contributed by atoms with Crippen molar-refractivity contribution in [2.75, 3.05) is 39.8 Å². The first-order chi connectivity index (χ1) is 12.0. The number of benzene rings is 1. The van der Waals surface area contributed by atoms with Crippen LogP contribution in [0.25, 0.3) is 0 Å². The standard InChI is InChI=1S/C20H30N4O/c1-16(2)19(24-12-10-23(3)11-13-24)15-22-20(25)9-8-17-4-6-18(14-21)7-5-17/h4-7,16,19H,8-13,15H2,1-3H3,(H,22,25). The fourth-order valence-corrected chi connectivity index (χ4v) is 3.25. The summed E-state index contributed by atoms with van der Waals surface area (Å²) in [5, 5.41) is 11.9. The summed E-state index contributed by atoms with van der Waals surface area (Å²) in [4.78, 5) is 17.1. The molecule has 1 aliphatic heterocycles. The minimum absolute atomic E-state index is 0.101. The molecule has 136 valence electrons. The summed E-state index contributed by atoms with van der Waals surface area (Å²) >= 11 is 0. The highest BCUT2D eigenvalue weighted by atomic mass is 16.1. The van der Waals surface area contributed by atoms with E-state index in [9.17, 15) is 4.79 Å². The first kappa shape index (κ1) is 19.4. The lowest BCUT2D eigenvalue weighted by Gasteiger charge is -2.39. The van der Waals surface area contributed by atoms with Crippen LogP contribution in [0, 0.1) is 17.2 Å². The van der Waals surface area contributed by atoms with Crippen molar-refractivity contribution in [3.8, 4) is 6.07 Å². The van der Waals surface area contributed by atoms with Gasteiger partial charge in [0.05, 0.1) is 11.6 Å². The zero-order chi connectivity index (χ0) is 18.2. The molecular weight excluding hydrogens is 312 g/mol. The molecule has 0 spiro atoms. The van der Waals surface area contributed by atoms with Crippen LogP contribution in [0.4, 0.5) is 0 Å². The molecule has 1 fully saturated rings. The number of likely N-dealkylation sites (N-methyl/N-ethyl adjacent to an activating group) is 1. The summed E-state index contributed by atoms with van der Waals surface area (Å²) in [6.45, 7) is 9.50. The van der Waals surface area contributed by atoms with Gasteiger partial charge in [0, 0.05) is 45.2 Å². The first-order valence-corrected chi connectivity index (χ1v) is 9.18. The molecule has 0 bridgehead atoms. The number of piperazine rings is 1. The zero-order valence-corrected chi connectivity index (χ0v) is 15.7. The number of nitrogens with zero attached hydrogens (tertiary/aromatic N) is 3. The van der Waals surface area contributed by atoms with Crippen LogP contribution in [0.3, 0.4) is 0 Å². The predicted octanol–water partition coefficient (Wildman–Crippen LogP) is 1.88. The molecule has 1 saturated heterocycles. The zero-order valence-electron chi connectivity index (χ0n) is 15.7. The fourth-order valence-electron chi connectivity index (χ4n) is 3.25. The Hall–Kier alpha value is -1.90. The van der Waals surface area contributed by atoms with Crippen LogP contribution in [0.5, 0.6) is 0 Å². The van der Waals surface area contributed by atoms with Crippen molar-refractivity contribution in [3.63, 3.8) is 0 Å². The van der Waals surface area contributed by atoms with Gasteiger partial charge >= 0.3 is 0 Å². The molecule has 25 heavy (non-hydrogen) atoms. The number of carbonyl (C=O) groups is 1. The molecule has 5 nitrogen and oxygen atoms in total. The molecule has 1 aromatic rings. The van der Waals surface area contributed by atoms with E-state index in [1.54, 1.807) is 12.1 Å². The average molecular weight is 342 g/mol. The molecule has 5 heteroatoms. The molecule has 1 aromatic carbocycles. The van der Waals surface area contributed by atoms with Crippen LogP contribution in [-0.2, 0) is 11.2 Å². The van der Waals surface area contributed by atoms with Crippen LogP contribution >= 0.6 is 0 Å². The Morgan fingerprint density at radius 3 is 2.40 bits per heavy atom. The molecule has 0 saturated carbocycles. The number of nitriles is 1. The van der Waals surface area contributed by atoms with E-state index in [2.05, 4.69) is 42.1 Å². The van der Waals surface area contributed by atoms with Crippen molar-refractivity contribution in [2.45, 2.75) is 32.7 Å². The fraction of sp³-hybridized carbons (Fsp3) is 0.600. The lowest BCUT2D eigenvalue weighted by atomic mass is 10.0. The van der Waals surface area contributed by atoms with E-state index in [4.69, 9.17) is 5.26 Å². The third-order valence-corrected chi connectivity index (χ3v) is 5.01. The van der Waals surface area contributed by atoms with Gasteiger partial charge in [0.1, 0.15) is 0 Å². The van der Waals surface area contributed by atoms with Gasteiger partial charge in [-0.05, 0) is 37.1 Å². The van der Waals surface area contributed by atoms with Crippen molar-refractivity contribution in [2.24, 2.45) is 5.92 Å². The van der Waals surface area contributed by atoms with E-state index in [-0.39, 0.29) is 5.91 Å². The molecule has 0 aliphatic carbocycles. The van der Waals surface area contributed by atoms with E-state index >= 15 is 0 Å². The maximum Gasteiger partial charge on any atom is 0.220 e. The van der Waals surface area contributed by atoms with Crippen molar-refractivity contribution in [1.29, 1.82) is 5.26 Å². The second-order valence-electron chi connectivity index (χ2n) is 7.26. The Bertz CT molecular complexity index is 583. The smallest absolute Gasteiger partial charge is 0.220 e. The van der Waals surface area contributed by atoms with Gasteiger partial charge in [-0.25, -0.2) is 0 Å². The maximum atomic E-state index is 12.2. The third kappa shape index (κ3) is 6.15. The van der Waals surface area contributed by atoms with Crippen molar-refractivity contribution >= 4 is 5.91 Å². The van der Waals surface area contributed by atoms with Crippen LogP contribution in [-0.4, -0.2) is 61.5 Å². The highest BCUT2D eigenvalue weighted by Crippen LogP contribution is 2.13. The highest BCUT2D eigenvalue weighted by molar-refractivity contribution is 5.76. The number of nitrogens with one attached hydrogen (secondary N) is 1. The van der Waals surface area contributed by atoms with Crippen molar-refractivity contribution < 1.29 is 4.79 Å². The summed E-state index contributed by atoms with van der Waals surface area (Å²) in [7, 11) is 2.16. The van der Waals surface area contributed by atoms with E-state index in [0.29, 0.717) is 36.9 Å². The van der Waals surface area contributed by atoms with Crippen LogP contribution in [0.15, 0.2) is 24.3 Å². The number of aryl methyl sites for hydroxylation is 1. The van der Waals surface area contributed by atoms with Gasteiger partial charge in [0.15, 0.2) is 0 Å². The number of hydrogen-bond acceptors (Lipinski definition) is 4. The topological polar surface area (TPSA) is 59.4 Å². The van der Waals surface area contributed by atoms with Gasteiger partial charge in [0.2, 0.25) is 5.91 Å². The Morgan fingerprint density at radius 2 is 1.84 bits per heavy atom. The van der Waals surface area contributed by atoms with Gasteiger partial charge < -0.3 is 10.2 Å². The summed E-state index contributed by atoms with van der Waals surface area (Å²) in [6, 6.07) is 9.95. The summed E-state index contributed by atoms with van der Waals surface area (Å²) in [5.74, 6) is 0.617. The Kier molecular flexibility index (Phi) is 7.42. The quantitative estimate of drug-likeness (QED) is 0.822.